The molecule has 3 aliphatic rings. The van der Waals surface area contributed by atoms with Gasteiger partial charge in [0.05, 0.1) is 22.8 Å². The smallest absolute Gasteiger partial charge is 0.462 e. The van der Waals surface area contributed by atoms with Crippen molar-refractivity contribution < 1.29 is 23.6 Å². The molecule has 1 amide bonds. The zero-order valence-corrected chi connectivity index (χ0v) is 18.4. The van der Waals surface area contributed by atoms with Gasteiger partial charge in [0.15, 0.2) is 0 Å². The number of carbonyl (C=O) groups is 1. The molecule has 3 rings (SSSR count). The lowest BCUT2D eigenvalue weighted by atomic mass is 9.71. The monoisotopic (exact) mass is 409 g/mol. The van der Waals surface area contributed by atoms with E-state index in [0.29, 0.717) is 23.0 Å². The molecule has 2 heterocycles. The van der Waals surface area contributed by atoms with E-state index in [2.05, 4.69) is 5.32 Å². The Hall–Kier alpha value is -1.44. The summed E-state index contributed by atoms with van der Waals surface area (Å²) in [4.78, 5) is 11.8. The number of halogens is 1. The molecular weight excluding hydrogens is 380 g/mol. The first-order chi connectivity index (χ1) is 12.8. The van der Waals surface area contributed by atoms with Gasteiger partial charge in [-0.05, 0) is 72.5 Å². The Morgan fingerprint density at radius 2 is 1.89 bits per heavy atom. The number of rotatable bonds is 3. The maximum Gasteiger partial charge on any atom is 0.490 e. The lowest BCUT2D eigenvalue weighted by Crippen LogP contribution is -2.41. The number of alkyl carbamates (subject to hydrolysis) is 1. The van der Waals surface area contributed by atoms with Crippen LogP contribution in [-0.4, -0.2) is 36.6 Å². The summed E-state index contributed by atoms with van der Waals surface area (Å²) in [5, 5.41) is 3.24. The predicted molar refractivity (Wildman–Crippen MR) is 109 cm³/mol. The van der Waals surface area contributed by atoms with Gasteiger partial charge in [-0.15, -0.1) is 0 Å². The van der Waals surface area contributed by atoms with E-state index < -0.39 is 30.0 Å². The van der Waals surface area contributed by atoms with Gasteiger partial charge in [0.1, 0.15) is 17.1 Å². The van der Waals surface area contributed by atoms with Crippen LogP contribution in [0.25, 0.3) is 0 Å². The van der Waals surface area contributed by atoms with Gasteiger partial charge in [-0.2, -0.15) is 0 Å². The van der Waals surface area contributed by atoms with E-state index in [1.54, 1.807) is 0 Å². The van der Waals surface area contributed by atoms with Crippen molar-refractivity contribution in [1.82, 2.24) is 5.32 Å². The minimum atomic E-state index is -0.545. The van der Waals surface area contributed by atoms with Gasteiger partial charge in [0, 0.05) is 5.92 Å². The standard InChI is InChI=1S/C20H29BClNO5/c1-18(2,3)26-17(24)23-11-14-9-12-8-13(10-15(22)16(12)25-14)21-27-19(4,5)20(6,7)28-21/h9-10,12H,8,11H2,1-7H3,(H,23,24). The van der Waals surface area contributed by atoms with Crippen molar-refractivity contribution in [1.29, 1.82) is 0 Å². The third kappa shape index (κ3) is 4.42. The maximum atomic E-state index is 11.8. The van der Waals surface area contributed by atoms with Crippen LogP contribution in [0.15, 0.2) is 34.2 Å². The van der Waals surface area contributed by atoms with Gasteiger partial charge in [-0.25, -0.2) is 4.79 Å². The largest absolute Gasteiger partial charge is 0.490 e. The fourth-order valence-electron chi connectivity index (χ4n) is 3.20. The van der Waals surface area contributed by atoms with Gasteiger partial charge in [0.25, 0.3) is 0 Å². The first-order valence-electron chi connectivity index (χ1n) is 9.58. The minimum absolute atomic E-state index is 0.00182. The molecule has 0 aromatic heterocycles. The Morgan fingerprint density at radius 3 is 2.46 bits per heavy atom. The van der Waals surface area contributed by atoms with Crippen molar-refractivity contribution in [2.45, 2.75) is 71.7 Å². The van der Waals surface area contributed by atoms with Crippen LogP contribution in [0.2, 0.25) is 0 Å². The van der Waals surface area contributed by atoms with E-state index in [1.807, 2.05) is 60.6 Å². The van der Waals surface area contributed by atoms with E-state index in [-0.39, 0.29) is 12.5 Å². The summed E-state index contributed by atoms with van der Waals surface area (Å²) < 4.78 is 23.4. The van der Waals surface area contributed by atoms with E-state index in [9.17, 15) is 4.79 Å². The molecule has 1 aliphatic carbocycles. The van der Waals surface area contributed by atoms with Crippen molar-refractivity contribution in [3.05, 3.63) is 34.2 Å². The molecular formula is C20H29BClNO5. The number of hydrogen-bond acceptors (Lipinski definition) is 5. The SMILES string of the molecule is CC(C)(C)OC(=O)NCC1=CC2CC(B3OC(C)(C)C(C)(C)O3)=CC(Cl)=C2O1. The van der Waals surface area contributed by atoms with Crippen LogP contribution < -0.4 is 5.32 Å². The quantitative estimate of drug-likeness (QED) is 0.697. The van der Waals surface area contributed by atoms with Crippen molar-refractivity contribution in [2.24, 2.45) is 5.92 Å². The molecule has 1 fully saturated rings. The molecule has 0 saturated carbocycles. The van der Waals surface area contributed by atoms with Crippen molar-refractivity contribution in [2.75, 3.05) is 6.54 Å². The van der Waals surface area contributed by atoms with Crippen molar-refractivity contribution in [3.8, 4) is 0 Å². The van der Waals surface area contributed by atoms with Crippen LogP contribution in [0.3, 0.4) is 0 Å². The number of ether oxygens (including phenoxy) is 2. The molecule has 2 aliphatic heterocycles. The highest BCUT2D eigenvalue weighted by molar-refractivity contribution is 6.55. The predicted octanol–water partition coefficient (Wildman–Crippen LogP) is 4.45. The summed E-state index contributed by atoms with van der Waals surface area (Å²) in [6.45, 7) is 13.8. The Balaban J connectivity index is 1.64. The topological polar surface area (TPSA) is 66.0 Å². The van der Waals surface area contributed by atoms with Crippen LogP contribution >= 0.6 is 11.6 Å². The molecule has 28 heavy (non-hydrogen) atoms. The molecule has 1 N–H and O–H groups in total. The number of amides is 1. The normalized spacial score (nSPS) is 25.7. The molecule has 0 bridgehead atoms. The van der Waals surface area contributed by atoms with E-state index in [1.165, 1.54) is 0 Å². The number of hydrogen-bond donors (Lipinski definition) is 1. The summed E-state index contributed by atoms with van der Waals surface area (Å²) in [7, 11) is -0.433. The van der Waals surface area contributed by atoms with Crippen LogP contribution in [0.1, 0.15) is 54.9 Å². The summed E-state index contributed by atoms with van der Waals surface area (Å²) in [6, 6.07) is 0. The first-order valence-corrected chi connectivity index (χ1v) is 9.96. The van der Waals surface area contributed by atoms with Gasteiger partial charge in [0.2, 0.25) is 0 Å². The highest BCUT2D eigenvalue weighted by atomic mass is 35.5. The summed E-state index contributed by atoms with van der Waals surface area (Å²) in [5.41, 5.74) is -0.367. The molecule has 154 valence electrons. The molecule has 0 spiro atoms. The molecule has 1 unspecified atom stereocenters. The third-order valence-corrected chi connectivity index (χ3v) is 5.63. The van der Waals surface area contributed by atoms with Crippen molar-refractivity contribution in [3.63, 3.8) is 0 Å². The van der Waals surface area contributed by atoms with E-state index in [0.717, 1.165) is 5.47 Å². The highest BCUT2D eigenvalue weighted by Gasteiger charge is 2.53. The highest BCUT2D eigenvalue weighted by Crippen LogP contribution is 2.44. The lowest BCUT2D eigenvalue weighted by Gasteiger charge is -2.32. The summed E-state index contributed by atoms with van der Waals surface area (Å²) in [6.07, 6.45) is 4.06. The second-order valence-electron chi connectivity index (χ2n) is 9.42. The average Bonchev–Trinajstić information content (AvgIpc) is 3.02. The number of carbonyl (C=O) groups excluding carboxylic acids is 1. The summed E-state index contributed by atoms with van der Waals surface area (Å²) in [5.74, 6) is 1.34. The maximum absolute atomic E-state index is 11.8. The fourth-order valence-corrected chi connectivity index (χ4v) is 3.52. The average molecular weight is 410 g/mol. The zero-order chi connectivity index (χ0) is 20.9. The molecule has 1 saturated heterocycles. The van der Waals surface area contributed by atoms with Gasteiger partial charge >= 0.3 is 13.2 Å². The van der Waals surface area contributed by atoms with Crippen LogP contribution in [0, 0.1) is 5.92 Å². The van der Waals surface area contributed by atoms with Crippen LogP contribution in [0.5, 0.6) is 0 Å². The zero-order valence-electron chi connectivity index (χ0n) is 17.6. The molecule has 0 radical (unpaired) electrons. The number of nitrogens with one attached hydrogen (secondary N) is 1. The Kier molecular flexibility index (Phi) is 5.41. The second kappa shape index (κ2) is 7.11. The molecule has 1 atom stereocenters. The Labute approximate surface area is 172 Å². The molecule has 6 nitrogen and oxygen atoms in total. The first kappa shape index (κ1) is 21.3. The molecule has 8 heteroatoms. The third-order valence-electron chi connectivity index (χ3n) is 5.33. The van der Waals surface area contributed by atoms with Gasteiger partial charge < -0.3 is 24.1 Å². The van der Waals surface area contributed by atoms with Crippen molar-refractivity contribution >= 4 is 24.8 Å². The molecule has 0 aromatic rings. The van der Waals surface area contributed by atoms with Crippen LogP contribution in [-0.2, 0) is 18.8 Å². The number of allylic oxidation sites excluding steroid dienone is 4. The van der Waals surface area contributed by atoms with Gasteiger partial charge in [-0.3, -0.25) is 0 Å². The molecule has 0 aromatic carbocycles. The van der Waals surface area contributed by atoms with Crippen LogP contribution in [0.4, 0.5) is 4.79 Å². The lowest BCUT2D eigenvalue weighted by molar-refractivity contribution is 0.00578. The summed E-state index contributed by atoms with van der Waals surface area (Å²) >= 11 is 6.47. The number of fused-ring (bicyclic) bond motifs is 1. The second-order valence-corrected chi connectivity index (χ2v) is 9.83. The Bertz CT molecular complexity index is 747. The fraction of sp³-hybridized carbons (Fsp3) is 0.650. The minimum Gasteiger partial charge on any atom is -0.462 e. The Morgan fingerprint density at radius 1 is 1.29 bits per heavy atom. The van der Waals surface area contributed by atoms with Gasteiger partial charge in [-0.1, -0.05) is 11.6 Å². The van der Waals surface area contributed by atoms with E-state index in [4.69, 9.17) is 30.4 Å². The van der Waals surface area contributed by atoms with E-state index >= 15 is 0 Å².